The van der Waals surface area contributed by atoms with Gasteiger partial charge < -0.3 is 0 Å². The zero-order chi connectivity index (χ0) is 19.0. The fraction of sp³-hybridized carbons (Fsp3) is 0.158. The number of halogens is 4. The molecule has 134 valence electrons. The summed E-state index contributed by atoms with van der Waals surface area (Å²) in [4.78, 5) is 11.8. The van der Waals surface area contributed by atoms with Crippen molar-refractivity contribution in [2.75, 3.05) is 0 Å². The number of hydrogen-bond acceptors (Lipinski definition) is 2. The van der Waals surface area contributed by atoms with Crippen LogP contribution in [0, 0.1) is 13.8 Å². The third-order valence-electron chi connectivity index (χ3n) is 4.12. The lowest BCUT2D eigenvalue weighted by atomic mass is 10.0. The summed E-state index contributed by atoms with van der Waals surface area (Å²) in [5.74, 6) is 0. The third-order valence-corrected chi connectivity index (χ3v) is 5.47. The predicted molar refractivity (Wildman–Crippen MR) is 108 cm³/mol. The van der Waals surface area contributed by atoms with Gasteiger partial charge in [0.05, 0.1) is 22.3 Å². The molecule has 7 heteroatoms. The van der Waals surface area contributed by atoms with Crippen LogP contribution in [0.1, 0.15) is 27.2 Å². The number of carbonyl (C=O) groups excluding carboxylic acids is 1. The van der Waals surface area contributed by atoms with Gasteiger partial charge in [0.15, 0.2) is 0 Å². The molecule has 26 heavy (non-hydrogen) atoms. The van der Waals surface area contributed by atoms with Gasteiger partial charge in [0, 0.05) is 16.1 Å². The summed E-state index contributed by atoms with van der Waals surface area (Å²) in [6.45, 7) is 4.17. The average molecular weight is 428 g/mol. The van der Waals surface area contributed by atoms with E-state index < -0.39 is 5.24 Å². The molecule has 0 bridgehead atoms. The Balaban J connectivity index is 2.14. The van der Waals surface area contributed by atoms with Gasteiger partial charge in [0.25, 0.3) is 5.24 Å². The first-order valence-electron chi connectivity index (χ1n) is 7.75. The summed E-state index contributed by atoms with van der Waals surface area (Å²) in [5.41, 5.74) is 4.49. The molecule has 3 rings (SSSR count). The minimum Gasteiger partial charge on any atom is -0.274 e. The lowest BCUT2D eigenvalue weighted by Gasteiger charge is -2.11. The maximum atomic E-state index is 11.8. The monoisotopic (exact) mass is 426 g/mol. The van der Waals surface area contributed by atoms with Crippen LogP contribution in [0.2, 0.25) is 15.1 Å². The van der Waals surface area contributed by atoms with Crippen molar-refractivity contribution in [2.45, 2.75) is 20.4 Å². The zero-order valence-corrected chi connectivity index (χ0v) is 17.0. The SMILES string of the molecule is Cc1cc(-c2c(C)c(C(=O)Cl)nn2Cc2ccc(Cl)c(Cl)c2)ccc1Cl. The van der Waals surface area contributed by atoms with E-state index in [2.05, 4.69) is 5.10 Å². The molecule has 0 N–H and O–H groups in total. The molecule has 0 aliphatic rings. The van der Waals surface area contributed by atoms with Crippen LogP contribution >= 0.6 is 46.4 Å². The summed E-state index contributed by atoms with van der Waals surface area (Å²) in [6.07, 6.45) is 0. The van der Waals surface area contributed by atoms with Gasteiger partial charge in [-0.05, 0) is 60.8 Å². The number of hydrogen-bond donors (Lipinski definition) is 0. The predicted octanol–water partition coefficient (Wildman–Crippen LogP) is 6.55. The Hall–Kier alpha value is -1.52. The summed E-state index contributed by atoms with van der Waals surface area (Å²) < 4.78 is 1.74. The van der Waals surface area contributed by atoms with Crippen LogP contribution < -0.4 is 0 Å². The Morgan fingerprint density at radius 3 is 2.31 bits per heavy atom. The Morgan fingerprint density at radius 1 is 1.00 bits per heavy atom. The second kappa shape index (κ2) is 7.61. The second-order valence-electron chi connectivity index (χ2n) is 5.97. The number of aryl methyl sites for hydroxylation is 1. The van der Waals surface area contributed by atoms with Crippen molar-refractivity contribution in [1.82, 2.24) is 9.78 Å². The van der Waals surface area contributed by atoms with E-state index in [0.29, 0.717) is 27.2 Å². The van der Waals surface area contributed by atoms with E-state index in [1.165, 1.54) is 0 Å². The van der Waals surface area contributed by atoms with Gasteiger partial charge in [-0.1, -0.05) is 46.9 Å². The highest BCUT2D eigenvalue weighted by atomic mass is 35.5. The first-order chi connectivity index (χ1) is 12.3. The molecule has 2 aromatic carbocycles. The quantitative estimate of drug-likeness (QED) is 0.442. The Bertz CT molecular complexity index is 1010. The third kappa shape index (κ3) is 3.77. The van der Waals surface area contributed by atoms with E-state index in [-0.39, 0.29) is 5.69 Å². The highest BCUT2D eigenvalue weighted by molar-refractivity contribution is 6.67. The molecule has 3 aromatic rings. The van der Waals surface area contributed by atoms with Crippen LogP contribution in [0.4, 0.5) is 0 Å². The van der Waals surface area contributed by atoms with Gasteiger partial charge in [-0.25, -0.2) is 0 Å². The summed E-state index contributed by atoms with van der Waals surface area (Å²) in [5, 5.41) is 5.44. The molecule has 3 nitrogen and oxygen atoms in total. The molecule has 0 saturated carbocycles. The zero-order valence-electron chi connectivity index (χ0n) is 14.0. The van der Waals surface area contributed by atoms with Gasteiger partial charge in [-0.3, -0.25) is 9.48 Å². The Kier molecular flexibility index (Phi) is 5.64. The number of carbonyl (C=O) groups is 1. The summed E-state index contributed by atoms with van der Waals surface area (Å²) >= 11 is 23.9. The lowest BCUT2D eigenvalue weighted by molar-refractivity contribution is 0.107. The molecule has 1 aromatic heterocycles. The topological polar surface area (TPSA) is 34.9 Å². The summed E-state index contributed by atoms with van der Waals surface area (Å²) in [6, 6.07) is 11.1. The van der Waals surface area contributed by atoms with Crippen molar-refractivity contribution in [1.29, 1.82) is 0 Å². The van der Waals surface area contributed by atoms with Crippen molar-refractivity contribution in [3.8, 4) is 11.3 Å². The highest BCUT2D eigenvalue weighted by Crippen LogP contribution is 2.31. The van der Waals surface area contributed by atoms with E-state index in [4.69, 9.17) is 46.4 Å². The first kappa shape index (κ1) is 19.2. The number of rotatable bonds is 4. The van der Waals surface area contributed by atoms with Crippen LogP contribution in [-0.2, 0) is 6.54 Å². The normalized spacial score (nSPS) is 11.0. The van der Waals surface area contributed by atoms with Gasteiger partial charge in [-0.15, -0.1) is 0 Å². The Labute approximate surface area is 171 Å². The van der Waals surface area contributed by atoms with Crippen LogP contribution in [0.25, 0.3) is 11.3 Å². The van der Waals surface area contributed by atoms with Crippen LogP contribution in [0.3, 0.4) is 0 Å². The van der Waals surface area contributed by atoms with Gasteiger partial charge in [0.2, 0.25) is 0 Å². The van der Waals surface area contributed by atoms with E-state index >= 15 is 0 Å². The van der Waals surface area contributed by atoms with Crippen molar-refractivity contribution < 1.29 is 4.79 Å². The molecule has 0 aliphatic heterocycles. The Morgan fingerprint density at radius 2 is 1.69 bits per heavy atom. The number of aromatic nitrogens is 2. The molecular formula is C19H14Cl4N2O. The van der Waals surface area contributed by atoms with Crippen LogP contribution in [0.15, 0.2) is 36.4 Å². The fourth-order valence-electron chi connectivity index (χ4n) is 2.82. The first-order valence-corrected chi connectivity index (χ1v) is 9.26. The van der Waals surface area contributed by atoms with Gasteiger partial charge >= 0.3 is 0 Å². The molecule has 0 fully saturated rings. The van der Waals surface area contributed by atoms with E-state index in [1.54, 1.807) is 16.8 Å². The van der Waals surface area contributed by atoms with Gasteiger partial charge in [0.1, 0.15) is 5.69 Å². The summed E-state index contributed by atoms with van der Waals surface area (Å²) in [7, 11) is 0. The lowest BCUT2D eigenvalue weighted by Crippen LogP contribution is -2.05. The molecule has 0 saturated heterocycles. The van der Waals surface area contributed by atoms with Crippen LogP contribution in [-0.4, -0.2) is 15.0 Å². The smallest absolute Gasteiger partial charge is 0.273 e. The molecule has 0 spiro atoms. The van der Waals surface area contributed by atoms with E-state index in [0.717, 1.165) is 22.4 Å². The molecule has 0 aliphatic carbocycles. The average Bonchev–Trinajstić information content (AvgIpc) is 2.90. The number of nitrogens with zero attached hydrogens (tertiary/aromatic N) is 2. The second-order valence-corrected chi connectivity index (χ2v) is 7.53. The van der Waals surface area contributed by atoms with Crippen molar-refractivity contribution in [3.05, 3.63) is 73.9 Å². The molecule has 0 radical (unpaired) electrons. The maximum Gasteiger partial charge on any atom is 0.273 e. The highest BCUT2D eigenvalue weighted by Gasteiger charge is 2.20. The number of benzene rings is 2. The van der Waals surface area contributed by atoms with Crippen LogP contribution in [0.5, 0.6) is 0 Å². The minimum absolute atomic E-state index is 0.231. The largest absolute Gasteiger partial charge is 0.274 e. The molecular weight excluding hydrogens is 414 g/mol. The molecule has 0 atom stereocenters. The van der Waals surface area contributed by atoms with E-state index in [1.807, 2.05) is 38.1 Å². The molecule has 0 unspecified atom stereocenters. The van der Waals surface area contributed by atoms with Crippen molar-refractivity contribution in [2.24, 2.45) is 0 Å². The molecule has 0 amide bonds. The van der Waals surface area contributed by atoms with Crippen molar-refractivity contribution >= 4 is 51.6 Å². The van der Waals surface area contributed by atoms with Crippen molar-refractivity contribution in [3.63, 3.8) is 0 Å². The van der Waals surface area contributed by atoms with Gasteiger partial charge in [-0.2, -0.15) is 5.10 Å². The fourth-order valence-corrected chi connectivity index (χ4v) is 3.44. The standard InChI is InChI=1S/C19H14Cl4N2O/c1-10-7-13(4-6-14(10)20)18-11(2)17(19(23)26)24-25(18)9-12-3-5-15(21)16(22)8-12/h3-8H,9H2,1-2H3. The molecule has 1 heterocycles. The maximum absolute atomic E-state index is 11.8. The van der Waals surface area contributed by atoms with E-state index in [9.17, 15) is 4.79 Å². The minimum atomic E-state index is -0.595.